The minimum atomic E-state index is -0.954. The molecular weight excluding hydrogens is 861 g/mol. The molecule has 0 saturated carbocycles. The van der Waals surface area contributed by atoms with Gasteiger partial charge < -0.3 is 35.7 Å². The van der Waals surface area contributed by atoms with Crippen LogP contribution < -0.4 is 0 Å². The lowest BCUT2D eigenvalue weighted by Crippen LogP contribution is -2.15. The van der Waals surface area contributed by atoms with Gasteiger partial charge in [-0.2, -0.15) is 0 Å². The van der Waals surface area contributed by atoms with E-state index >= 15 is 0 Å². The van der Waals surface area contributed by atoms with E-state index in [1.54, 1.807) is 0 Å². The molecule has 0 aliphatic rings. The molecule has 0 aliphatic heterocycles. The number of carboxylic acid groups (broad SMARTS) is 4. The molecule has 0 heterocycles. The molecule has 0 saturated heterocycles. The van der Waals surface area contributed by atoms with Crippen LogP contribution >= 0.6 is 0 Å². The van der Waals surface area contributed by atoms with Crippen molar-refractivity contribution in [2.45, 2.75) is 329 Å². The molecule has 410 valence electrons. The fraction of sp³-hybridized carbons (Fsp3) is 0.930. The van der Waals surface area contributed by atoms with Gasteiger partial charge in [-0.05, 0) is 25.7 Å². The highest BCUT2D eigenvalue weighted by Crippen LogP contribution is 2.15. The maximum atomic E-state index is 10.3. The van der Waals surface area contributed by atoms with Gasteiger partial charge in [-0.15, -0.1) is 0 Å². The van der Waals surface area contributed by atoms with E-state index in [2.05, 4.69) is 27.7 Å². The molecule has 0 rings (SSSR count). The number of aliphatic carboxylic acids is 4. The van der Waals surface area contributed by atoms with Crippen molar-refractivity contribution in [2.24, 2.45) is 0 Å². The predicted molar refractivity (Wildman–Crippen MR) is 286 cm³/mol. The second-order valence-electron chi connectivity index (χ2n) is 19.0. The zero-order chi connectivity index (χ0) is 51.8. The Morgan fingerprint density at radius 1 is 0.250 bits per heavy atom. The van der Waals surface area contributed by atoms with E-state index in [0.717, 1.165) is 51.4 Å². The van der Waals surface area contributed by atoms with Gasteiger partial charge in [-0.1, -0.05) is 272 Å². The SMILES string of the molecule is CCCCCCCCCCCC(=O)O.CCCCCCCCCCCC(=O)O.CCCCCCCCCCCC(=O)O.CCCCCCCCCCCCCCCCCC(=O)O.OCC(O)CO. The second kappa shape index (κ2) is 71.3. The standard InChI is InChI=1S/C18H36O2.3C12H24O2.C3H8O3/c1-2-3-4-5-6-7-8-9-10-11-12-13-14-15-16-17-18(19)20;3*1-2-3-4-5-6-7-8-9-10-11-12(13)14;4-1-3(6)2-5/h2-17H2,1H3,(H,19,20);3*2-11H2,1H3,(H,13,14);3-6H,1-2H2. The largest absolute Gasteiger partial charge is 0.481 e. The predicted octanol–water partition coefficient (Wildman–Crippen LogP) is 16.6. The number of aliphatic hydroxyl groups is 3. The van der Waals surface area contributed by atoms with Crippen molar-refractivity contribution in [2.75, 3.05) is 13.2 Å². The van der Waals surface area contributed by atoms with Gasteiger partial charge in [0.1, 0.15) is 6.10 Å². The number of hydrogen-bond donors (Lipinski definition) is 7. The molecule has 0 aromatic rings. The Labute approximate surface area is 419 Å². The first kappa shape index (κ1) is 74.7. The monoisotopic (exact) mass is 977 g/mol. The molecule has 68 heavy (non-hydrogen) atoms. The van der Waals surface area contributed by atoms with Crippen LogP contribution in [0.1, 0.15) is 323 Å². The topological polar surface area (TPSA) is 210 Å². The smallest absolute Gasteiger partial charge is 0.303 e. The molecule has 0 bridgehead atoms. The fourth-order valence-electron chi connectivity index (χ4n) is 7.47. The molecule has 0 unspecified atom stereocenters. The molecule has 0 aliphatic carbocycles. The van der Waals surface area contributed by atoms with Crippen LogP contribution in [0.4, 0.5) is 0 Å². The summed E-state index contributed by atoms with van der Waals surface area (Å²) in [6, 6.07) is 0. The maximum Gasteiger partial charge on any atom is 0.303 e. The molecule has 0 spiro atoms. The summed E-state index contributed by atoms with van der Waals surface area (Å²) >= 11 is 0. The molecule has 0 amide bonds. The highest BCUT2D eigenvalue weighted by molar-refractivity contribution is 5.67. The van der Waals surface area contributed by atoms with E-state index in [-0.39, 0.29) is 13.2 Å². The van der Waals surface area contributed by atoms with Crippen LogP contribution in [0.5, 0.6) is 0 Å². The van der Waals surface area contributed by atoms with Crippen molar-refractivity contribution < 1.29 is 54.9 Å². The maximum absolute atomic E-state index is 10.3. The van der Waals surface area contributed by atoms with Gasteiger partial charge in [0.15, 0.2) is 0 Å². The van der Waals surface area contributed by atoms with Crippen molar-refractivity contribution in [3.05, 3.63) is 0 Å². The molecule has 7 N–H and O–H groups in total. The van der Waals surface area contributed by atoms with Crippen molar-refractivity contribution in [3.63, 3.8) is 0 Å². The summed E-state index contributed by atoms with van der Waals surface area (Å²) in [5, 5.41) is 57.8. The summed E-state index contributed by atoms with van der Waals surface area (Å²) in [7, 11) is 0. The van der Waals surface area contributed by atoms with Gasteiger partial charge in [0.2, 0.25) is 0 Å². The summed E-state index contributed by atoms with van der Waals surface area (Å²) in [6.07, 6.45) is 53.7. The highest BCUT2D eigenvalue weighted by atomic mass is 16.4. The van der Waals surface area contributed by atoms with Crippen molar-refractivity contribution in [1.29, 1.82) is 0 Å². The van der Waals surface area contributed by atoms with Crippen molar-refractivity contribution >= 4 is 23.9 Å². The van der Waals surface area contributed by atoms with Crippen LogP contribution in [0, 0.1) is 0 Å². The summed E-state index contributed by atoms with van der Waals surface area (Å²) in [5.41, 5.74) is 0. The minimum absolute atomic E-state index is 0.343. The lowest BCUT2D eigenvalue weighted by atomic mass is 10.0. The van der Waals surface area contributed by atoms with Crippen molar-refractivity contribution in [3.8, 4) is 0 Å². The van der Waals surface area contributed by atoms with Crippen LogP contribution in [-0.2, 0) is 19.2 Å². The zero-order valence-electron chi connectivity index (χ0n) is 45.3. The lowest BCUT2D eigenvalue weighted by Gasteiger charge is -2.03. The molecule has 0 aromatic heterocycles. The van der Waals surface area contributed by atoms with Gasteiger partial charge in [0.05, 0.1) is 13.2 Å². The van der Waals surface area contributed by atoms with Gasteiger partial charge in [-0.25, -0.2) is 0 Å². The summed E-state index contributed by atoms with van der Waals surface area (Å²) < 4.78 is 0. The average molecular weight is 978 g/mol. The van der Waals surface area contributed by atoms with E-state index < -0.39 is 30.0 Å². The lowest BCUT2D eigenvalue weighted by molar-refractivity contribution is -0.138. The van der Waals surface area contributed by atoms with E-state index in [1.165, 1.54) is 218 Å². The Morgan fingerprint density at radius 2 is 0.368 bits per heavy atom. The Balaban J connectivity index is -0.000000252. The Bertz CT molecular complexity index is 882. The van der Waals surface area contributed by atoms with E-state index in [4.69, 9.17) is 35.7 Å². The number of carbonyl (C=O) groups is 4. The van der Waals surface area contributed by atoms with Crippen LogP contribution in [0.15, 0.2) is 0 Å². The number of hydrogen-bond acceptors (Lipinski definition) is 7. The van der Waals surface area contributed by atoms with Crippen LogP contribution in [0.25, 0.3) is 0 Å². The van der Waals surface area contributed by atoms with Crippen LogP contribution in [0.3, 0.4) is 0 Å². The van der Waals surface area contributed by atoms with Gasteiger partial charge in [0.25, 0.3) is 0 Å². The van der Waals surface area contributed by atoms with E-state index in [0.29, 0.717) is 25.7 Å². The first-order chi connectivity index (χ1) is 32.9. The van der Waals surface area contributed by atoms with Gasteiger partial charge in [-0.3, -0.25) is 19.2 Å². The fourth-order valence-corrected chi connectivity index (χ4v) is 7.47. The average Bonchev–Trinajstić information content (AvgIpc) is 3.31. The van der Waals surface area contributed by atoms with Gasteiger partial charge >= 0.3 is 23.9 Å². The third-order valence-corrected chi connectivity index (χ3v) is 11.9. The summed E-state index contributed by atoms with van der Waals surface area (Å²) in [5.74, 6) is -2.63. The normalized spacial score (nSPS) is 10.5. The molecule has 0 fully saturated rings. The van der Waals surface area contributed by atoms with Crippen molar-refractivity contribution in [1.82, 2.24) is 0 Å². The second-order valence-corrected chi connectivity index (χ2v) is 19.0. The summed E-state index contributed by atoms with van der Waals surface area (Å²) in [6.45, 7) is 8.23. The van der Waals surface area contributed by atoms with E-state index in [1.807, 2.05) is 0 Å². The first-order valence-electron chi connectivity index (χ1n) is 28.7. The van der Waals surface area contributed by atoms with Crippen LogP contribution in [0.2, 0.25) is 0 Å². The number of rotatable bonds is 48. The number of carboxylic acids is 4. The minimum Gasteiger partial charge on any atom is -0.481 e. The summed E-state index contributed by atoms with van der Waals surface area (Å²) in [4.78, 5) is 41.0. The number of unbranched alkanes of at least 4 members (excludes halogenated alkanes) is 38. The Kier molecular flexibility index (Phi) is 78.3. The Morgan fingerprint density at radius 3 is 0.456 bits per heavy atom. The molecule has 0 atom stereocenters. The highest BCUT2D eigenvalue weighted by Gasteiger charge is 2.00. The van der Waals surface area contributed by atoms with Gasteiger partial charge in [0, 0.05) is 25.7 Å². The Hall–Kier alpha value is -2.24. The molecule has 11 heteroatoms. The quantitative estimate of drug-likeness (QED) is 0.0285. The third kappa shape index (κ3) is 93.7. The molecule has 0 radical (unpaired) electrons. The molecule has 0 aromatic carbocycles. The van der Waals surface area contributed by atoms with Crippen LogP contribution in [-0.4, -0.2) is 78.9 Å². The molecule has 11 nitrogen and oxygen atoms in total. The number of aliphatic hydroxyl groups excluding tert-OH is 3. The van der Waals surface area contributed by atoms with E-state index in [9.17, 15) is 19.2 Å². The third-order valence-electron chi connectivity index (χ3n) is 11.9. The first-order valence-corrected chi connectivity index (χ1v) is 28.7. The zero-order valence-corrected chi connectivity index (χ0v) is 45.3. The molecular formula is C57H116O11.